The number of nitrogens with zero attached hydrogens (tertiary/aromatic N) is 4. The van der Waals surface area contributed by atoms with Crippen LogP contribution < -0.4 is 4.74 Å². The van der Waals surface area contributed by atoms with Gasteiger partial charge in [0.25, 0.3) is 5.91 Å². The van der Waals surface area contributed by atoms with Crippen LogP contribution in [0.25, 0.3) is 11.0 Å². The van der Waals surface area contributed by atoms with Gasteiger partial charge in [0.05, 0.1) is 31.7 Å². The number of carbonyl (C=O) groups is 2. The first-order valence-electron chi connectivity index (χ1n) is 12.8. The molecule has 38 heavy (non-hydrogen) atoms. The van der Waals surface area contributed by atoms with Crippen molar-refractivity contribution in [2.75, 3.05) is 26.4 Å². The lowest BCUT2D eigenvalue weighted by atomic mass is 9.85. The summed E-state index contributed by atoms with van der Waals surface area (Å²) in [7, 11) is 0. The van der Waals surface area contributed by atoms with Gasteiger partial charge in [0.15, 0.2) is 0 Å². The van der Waals surface area contributed by atoms with Gasteiger partial charge in [-0.2, -0.15) is 0 Å². The number of aliphatic carboxylic acids is 1. The van der Waals surface area contributed by atoms with Crippen LogP contribution in [0.1, 0.15) is 45.0 Å². The number of hydrogen-bond donors (Lipinski definition) is 1. The number of aromatic nitrogens is 3. The van der Waals surface area contributed by atoms with E-state index in [0.29, 0.717) is 56.3 Å². The topological polar surface area (TPSA) is 107 Å². The number of rotatable bonds is 2. The van der Waals surface area contributed by atoms with Crippen LogP contribution in [0.3, 0.4) is 0 Å². The van der Waals surface area contributed by atoms with E-state index in [1.54, 1.807) is 16.8 Å². The molecule has 0 spiro atoms. The highest BCUT2D eigenvalue weighted by molar-refractivity contribution is 5.94. The molecule has 0 saturated carbocycles. The van der Waals surface area contributed by atoms with Crippen molar-refractivity contribution < 1.29 is 24.2 Å². The Bertz CT molecular complexity index is 1510. The third-order valence-electron chi connectivity index (χ3n) is 7.28. The molecule has 3 aromatic carbocycles. The van der Waals surface area contributed by atoms with Gasteiger partial charge in [-0.3, -0.25) is 9.59 Å². The van der Waals surface area contributed by atoms with Gasteiger partial charge in [0, 0.05) is 24.6 Å². The lowest BCUT2D eigenvalue weighted by Crippen LogP contribution is -2.36. The average molecular weight is 513 g/mol. The van der Waals surface area contributed by atoms with Crippen LogP contribution >= 0.6 is 0 Å². The fraction of sp³-hybridized carbons (Fsp3) is 0.310. The van der Waals surface area contributed by atoms with E-state index in [-0.39, 0.29) is 18.2 Å². The van der Waals surface area contributed by atoms with E-state index >= 15 is 0 Å². The number of carboxylic acid groups (broad SMARTS) is 1. The number of carbonyl (C=O) groups excluding carboxylic acids is 1. The Morgan fingerprint density at radius 1 is 0.974 bits per heavy atom. The quantitative estimate of drug-likeness (QED) is 0.437. The van der Waals surface area contributed by atoms with Crippen molar-refractivity contribution in [3.05, 3.63) is 88.5 Å². The summed E-state index contributed by atoms with van der Waals surface area (Å²) in [6.45, 7) is 2.82. The molecule has 0 aliphatic carbocycles. The molecule has 0 radical (unpaired) electrons. The van der Waals surface area contributed by atoms with E-state index < -0.39 is 5.97 Å². The van der Waals surface area contributed by atoms with Gasteiger partial charge in [-0.05, 0) is 59.0 Å². The molecule has 9 heteroatoms. The van der Waals surface area contributed by atoms with Crippen LogP contribution in [0.4, 0.5) is 0 Å². The lowest BCUT2D eigenvalue weighted by Gasteiger charge is -2.30. The molecule has 1 atom stereocenters. The molecule has 1 unspecified atom stereocenters. The first kappa shape index (κ1) is 24.1. The maximum absolute atomic E-state index is 13.4. The Balaban J connectivity index is 1.40. The second kappa shape index (κ2) is 10.3. The van der Waals surface area contributed by atoms with Crippen molar-refractivity contribution in [1.29, 1.82) is 0 Å². The molecular weight excluding hydrogens is 484 g/mol. The predicted molar refractivity (Wildman–Crippen MR) is 139 cm³/mol. The zero-order valence-corrected chi connectivity index (χ0v) is 20.9. The van der Waals surface area contributed by atoms with Crippen LogP contribution in [0.5, 0.6) is 5.75 Å². The molecule has 1 amide bonds. The van der Waals surface area contributed by atoms with E-state index in [2.05, 4.69) is 22.4 Å². The summed E-state index contributed by atoms with van der Waals surface area (Å²) in [6.07, 6.45) is 0.690. The molecule has 4 aromatic rings. The van der Waals surface area contributed by atoms with Crippen LogP contribution in [-0.4, -0.2) is 63.2 Å². The SMILES string of the molecule is O=C(O)CC1c2ccc3c(c2)CN(CC3)C(=O)c2cccc(c2)OCCOCCn2nnc3cc1ccc32. The molecule has 0 saturated heterocycles. The largest absolute Gasteiger partial charge is 0.491 e. The smallest absolute Gasteiger partial charge is 0.304 e. The first-order chi connectivity index (χ1) is 18.5. The molecule has 9 nitrogen and oxygen atoms in total. The summed E-state index contributed by atoms with van der Waals surface area (Å²) in [5.41, 5.74) is 6.15. The summed E-state index contributed by atoms with van der Waals surface area (Å²) in [6, 6.07) is 19.2. The van der Waals surface area contributed by atoms with Crippen molar-refractivity contribution in [3.8, 4) is 5.75 Å². The van der Waals surface area contributed by atoms with Gasteiger partial charge < -0.3 is 19.5 Å². The summed E-state index contributed by atoms with van der Waals surface area (Å²) >= 11 is 0. The Morgan fingerprint density at radius 2 is 1.84 bits per heavy atom. The maximum atomic E-state index is 13.4. The van der Waals surface area contributed by atoms with Gasteiger partial charge in [-0.1, -0.05) is 35.5 Å². The highest BCUT2D eigenvalue weighted by atomic mass is 16.5. The van der Waals surface area contributed by atoms with Crippen molar-refractivity contribution in [3.63, 3.8) is 0 Å². The predicted octanol–water partition coefficient (Wildman–Crippen LogP) is 3.65. The average Bonchev–Trinajstić information content (AvgIpc) is 3.34. The Labute approximate surface area is 219 Å². The first-order valence-corrected chi connectivity index (χ1v) is 12.8. The number of carboxylic acids is 1. The normalized spacial score (nSPS) is 17.9. The van der Waals surface area contributed by atoms with Crippen LogP contribution in [0.15, 0.2) is 60.7 Å². The summed E-state index contributed by atoms with van der Waals surface area (Å²) in [4.78, 5) is 27.1. The summed E-state index contributed by atoms with van der Waals surface area (Å²) < 4.78 is 13.4. The number of hydrogen-bond acceptors (Lipinski definition) is 6. The van der Waals surface area contributed by atoms with Crippen LogP contribution in [0.2, 0.25) is 0 Å². The highest BCUT2D eigenvalue weighted by Gasteiger charge is 2.25. The van der Waals surface area contributed by atoms with E-state index in [4.69, 9.17) is 9.47 Å². The molecule has 7 rings (SSSR count). The van der Waals surface area contributed by atoms with E-state index in [1.165, 1.54) is 5.56 Å². The molecule has 3 aliphatic heterocycles. The summed E-state index contributed by atoms with van der Waals surface area (Å²) in [5, 5.41) is 18.3. The zero-order chi connectivity index (χ0) is 26.1. The second-order valence-electron chi connectivity index (χ2n) is 9.70. The van der Waals surface area contributed by atoms with Crippen molar-refractivity contribution in [2.24, 2.45) is 0 Å². The number of amides is 1. The van der Waals surface area contributed by atoms with Gasteiger partial charge in [-0.15, -0.1) is 5.10 Å². The van der Waals surface area contributed by atoms with Gasteiger partial charge in [0.2, 0.25) is 0 Å². The van der Waals surface area contributed by atoms with Gasteiger partial charge in [0.1, 0.15) is 17.9 Å². The minimum atomic E-state index is -0.877. The molecular formula is C29H28N4O5. The molecule has 194 valence electrons. The van der Waals surface area contributed by atoms with E-state index in [0.717, 1.165) is 28.6 Å². The zero-order valence-electron chi connectivity index (χ0n) is 20.9. The van der Waals surface area contributed by atoms with Crippen molar-refractivity contribution >= 4 is 22.9 Å². The van der Waals surface area contributed by atoms with Gasteiger partial charge >= 0.3 is 5.97 Å². The Morgan fingerprint density at radius 3 is 2.74 bits per heavy atom. The molecule has 3 aliphatic rings. The van der Waals surface area contributed by atoms with E-state index in [9.17, 15) is 14.7 Å². The van der Waals surface area contributed by atoms with Crippen molar-refractivity contribution in [2.45, 2.75) is 31.8 Å². The fourth-order valence-electron chi connectivity index (χ4n) is 5.31. The molecule has 9 bridgehead atoms. The second-order valence-corrected chi connectivity index (χ2v) is 9.70. The third kappa shape index (κ3) is 4.84. The summed E-state index contributed by atoms with van der Waals surface area (Å²) in [5.74, 6) is -0.661. The third-order valence-corrected chi connectivity index (χ3v) is 7.28. The monoisotopic (exact) mass is 512 g/mol. The molecule has 1 N–H and O–H groups in total. The minimum absolute atomic E-state index is 0.0523. The van der Waals surface area contributed by atoms with Crippen molar-refractivity contribution in [1.82, 2.24) is 19.9 Å². The molecule has 0 fully saturated rings. The van der Waals surface area contributed by atoms with Crippen LogP contribution in [-0.2, 0) is 29.0 Å². The lowest BCUT2D eigenvalue weighted by molar-refractivity contribution is -0.137. The fourth-order valence-corrected chi connectivity index (χ4v) is 5.31. The standard InChI is InChI=1S/C29H28N4O5/c34-28(35)17-25-20-5-4-19-8-9-32(18-23(19)14-20)29(36)22-2-1-3-24(15-22)38-13-12-37-11-10-33-27-7-6-21(25)16-26(27)30-31-33/h1-7,14-16,25H,8-13,17-18H2,(H,34,35). The highest BCUT2D eigenvalue weighted by Crippen LogP contribution is 2.33. The number of fused-ring (bicyclic) bond motifs is 6. The minimum Gasteiger partial charge on any atom is -0.491 e. The van der Waals surface area contributed by atoms with Gasteiger partial charge in [-0.25, -0.2) is 4.68 Å². The number of benzene rings is 3. The number of ether oxygens (including phenoxy) is 2. The molecule has 1 aromatic heterocycles. The maximum Gasteiger partial charge on any atom is 0.304 e. The Hall–Kier alpha value is -4.24. The van der Waals surface area contributed by atoms with Crippen LogP contribution in [0, 0.1) is 0 Å². The van der Waals surface area contributed by atoms with E-state index in [1.807, 2.05) is 41.3 Å². The Kier molecular flexibility index (Phi) is 6.51. The molecule has 4 heterocycles.